The molecule has 0 aliphatic heterocycles. The summed E-state index contributed by atoms with van der Waals surface area (Å²) in [5, 5.41) is 0.628. The van der Waals surface area contributed by atoms with Crippen LogP contribution in [0.2, 0.25) is 5.02 Å². The first kappa shape index (κ1) is 11.2. The van der Waals surface area contributed by atoms with Crippen LogP contribution >= 0.6 is 11.6 Å². The summed E-state index contributed by atoms with van der Waals surface area (Å²) in [5.74, 6) is 0. The van der Waals surface area contributed by atoms with Crippen LogP contribution in [-0.4, -0.2) is 4.98 Å². The van der Waals surface area contributed by atoms with Crippen LogP contribution in [0, 0.1) is 13.8 Å². The molecule has 1 aromatic heterocycles. The van der Waals surface area contributed by atoms with Crippen molar-refractivity contribution in [1.82, 2.24) is 4.98 Å². The van der Waals surface area contributed by atoms with Crippen molar-refractivity contribution in [3.8, 4) is 0 Å². The predicted molar refractivity (Wildman–Crippen MR) is 54.5 cm³/mol. The molecule has 0 aliphatic carbocycles. The third-order valence-corrected chi connectivity index (χ3v) is 1.90. The maximum atomic E-state index is 5.74. The largest absolute Gasteiger partial charge is 0.397 e. The summed E-state index contributed by atoms with van der Waals surface area (Å²) in [6.07, 6.45) is 1.61. The molecule has 3 heteroatoms. The van der Waals surface area contributed by atoms with E-state index in [-0.39, 0.29) is 0 Å². The summed E-state index contributed by atoms with van der Waals surface area (Å²) >= 11 is 5.74. The highest BCUT2D eigenvalue weighted by molar-refractivity contribution is 6.31. The lowest BCUT2D eigenvalue weighted by Crippen LogP contribution is -1.96. The SMILES string of the molecule is CC.Cc1ncc(Cl)c(C)c1N. The molecular weight excluding hydrogens is 172 g/mol. The summed E-state index contributed by atoms with van der Waals surface area (Å²) in [6.45, 7) is 7.74. The molecule has 0 saturated carbocycles. The van der Waals surface area contributed by atoms with Gasteiger partial charge in [-0.3, -0.25) is 4.98 Å². The first-order valence-electron chi connectivity index (χ1n) is 4.00. The number of anilines is 1. The minimum atomic E-state index is 0.628. The van der Waals surface area contributed by atoms with Gasteiger partial charge < -0.3 is 5.73 Å². The van der Waals surface area contributed by atoms with E-state index >= 15 is 0 Å². The molecule has 2 nitrogen and oxygen atoms in total. The van der Waals surface area contributed by atoms with E-state index in [9.17, 15) is 0 Å². The molecule has 1 heterocycles. The molecule has 1 rings (SSSR count). The summed E-state index contributed by atoms with van der Waals surface area (Å²) in [4.78, 5) is 3.98. The topological polar surface area (TPSA) is 38.9 Å². The quantitative estimate of drug-likeness (QED) is 0.677. The lowest BCUT2D eigenvalue weighted by Gasteiger charge is -2.03. The zero-order valence-electron chi connectivity index (χ0n) is 7.98. The lowest BCUT2D eigenvalue weighted by atomic mass is 10.2. The number of hydrogen-bond acceptors (Lipinski definition) is 2. The van der Waals surface area contributed by atoms with Gasteiger partial charge in [-0.2, -0.15) is 0 Å². The van der Waals surface area contributed by atoms with Crippen LogP contribution in [0.25, 0.3) is 0 Å². The zero-order chi connectivity index (χ0) is 9.72. The van der Waals surface area contributed by atoms with E-state index in [1.54, 1.807) is 6.20 Å². The summed E-state index contributed by atoms with van der Waals surface area (Å²) in [5.41, 5.74) is 8.07. The third kappa shape index (κ3) is 2.38. The van der Waals surface area contributed by atoms with Crippen LogP contribution in [0.5, 0.6) is 0 Å². The second-order valence-corrected chi connectivity index (χ2v) is 2.64. The Morgan fingerprint density at radius 1 is 1.33 bits per heavy atom. The Labute approximate surface area is 78.8 Å². The minimum Gasteiger partial charge on any atom is -0.397 e. The molecule has 0 atom stereocenters. The standard InChI is InChI=1S/C7H9ClN2.C2H6/c1-4-6(8)3-10-5(2)7(4)9;1-2/h3H,9H2,1-2H3;1-2H3. The molecule has 0 radical (unpaired) electrons. The Balaban J connectivity index is 0.000000561. The molecule has 0 aromatic carbocycles. The highest BCUT2D eigenvalue weighted by Crippen LogP contribution is 2.21. The fourth-order valence-corrected chi connectivity index (χ4v) is 0.870. The molecule has 1 aromatic rings. The average molecular weight is 187 g/mol. The van der Waals surface area contributed by atoms with E-state index < -0.39 is 0 Å². The van der Waals surface area contributed by atoms with E-state index in [0.29, 0.717) is 10.7 Å². The second kappa shape index (κ2) is 4.99. The van der Waals surface area contributed by atoms with Crippen LogP contribution in [0.15, 0.2) is 6.20 Å². The van der Waals surface area contributed by atoms with Crippen molar-refractivity contribution < 1.29 is 0 Å². The number of hydrogen-bond donors (Lipinski definition) is 1. The fraction of sp³-hybridized carbons (Fsp3) is 0.444. The number of aromatic nitrogens is 1. The molecule has 0 unspecified atom stereocenters. The monoisotopic (exact) mass is 186 g/mol. The molecule has 0 bridgehead atoms. The van der Waals surface area contributed by atoms with E-state index in [1.807, 2.05) is 27.7 Å². The molecule has 68 valence electrons. The number of aryl methyl sites for hydroxylation is 1. The van der Waals surface area contributed by atoms with Crippen molar-refractivity contribution in [2.45, 2.75) is 27.7 Å². The normalized spacial score (nSPS) is 8.75. The van der Waals surface area contributed by atoms with Crippen molar-refractivity contribution in [2.75, 3.05) is 5.73 Å². The fourth-order valence-electron chi connectivity index (χ4n) is 0.720. The van der Waals surface area contributed by atoms with Gasteiger partial charge in [0.1, 0.15) is 0 Å². The molecule has 0 saturated heterocycles. The smallest absolute Gasteiger partial charge is 0.0639 e. The van der Waals surface area contributed by atoms with Gasteiger partial charge in [-0.25, -0.2) is 0 Å². The Morgan fingerprint density at radius 2 is 1.83 bits per heavy atom. The Hall–Kier alpha value is -0.760. The van der Waals surface area contributed by atoms with Gasteiger partial charge in [-0.05, 0) is 19.4 Å². The van der Waals surface area contributed by atoms with Crippen molar-refractivity contribution in [3.63, 3.8) is 0 Å². The number of halogens is 1. The van der Waals surface area contributed by atoms with Crippen molar-refractivity contribution in [3.05, 3.63) is 22.5 Å². The number of nitrogen functional groups attached to an aromatic ring is 1. The Kier molecular flexibility index (Phi) is 4.67. The van der Waals surface area contributed by atoms with E-state index in [0.717, 1.165) is 11.3 Å². The molecule has 0 fully saturated rings. The van der Waals surface area contributed by atoms with E-state index in [4.69, 9.17) is 17.3 Å². The number of pyridine rings is 1. The molecule has 0 amide bonds. The first-order chi connectivity index (χ1) is 5.63. The lowest BCUT2D eigenvalue weighted by molar-refractivity contribution is 1.18. The average Bonchev–Trinajstić information content (AvgIpc) is 2.12. The van der Waals surface area contributed by atoms with Gasteiger partial charge in [0.15, 0.2) is 0 Å². The summed E-state index contributed by atoms with van der Waals surface area (Å²) in [6, 6.07) is 0. The minimum absolute atomic E-state index is 0.628. The van der Waals surface area contributed by atoms with Crippen LogP contribution < -0.4 is 5.73 Å². The van der Waals surface area contributed by atoms with E-state index in [1.165, 1.54) is 0 Å². The summed E-state index contributed by atoms with van der Waals surface area (Å²) in [7, 11) is 0. The van der Waals surface area contributed by atoms with E-state index in [2.05, 4.69) is 4.98 Å². The number of nitrogens with two attached hydrogens (primary N) is 1. The van der Waals surface area contributed by atoms with Gasteiger partial charge in [-0.15, -0.1) is 0 Å². The number of rotatable bonds is 0. The van der Waals surface area contributed by atoms with Crippen LogP contribution in [0.4, 0.5) is 5.69 Å². The highest BCUT2D eigenvalue weighted by atomic mass is 35.5. The molecule has 0 spiro atoms. The van der Waals surface area contributed by atoms with Gasteiger partial charge in [-0.1, -0.05) is 25.4 Å². The first-order valence-corrected chi connectivity index (χ1v) is 4.38. The van der Waals surface area contributed by atoms with Gasteiger partial charge in [0.05, 0.1) is 16.4 Å². The van der Waals surface area contributed by atoms with Crippen molar-refractivity contribution in [2.24, 2.45) is 0 Å². The Morgan fingerprint density at radius 3 is 2.25 bits per heavy atom. The zero-order valence-corrected chi connectivity index (χ0v) is 8.74. The van der Waals surface area contributed by atoms with Crippen LogP contribution in [0.1, 0.15) is 25.1 Å². The Bertz CT molecular complexity index is 232. The van der Waals surface area contributed by atoms with Crippen LogP contribution in [0.3, 0.4) is 0 Å². The molecular formula is C9H15ClN2. The van der Waals surface area contributed by atoms with Crippen molar-refractivity contribution >= 4 is 17.3 Å². The molecule has 2 N–H and O–H groups in total. The number of nitrogens with zero attached hydrogens (tertiary/aromatic N) is 1. The predicted octanol–water partition coefficient (Wildman–Crippen LogP) is 2.96. The van der Waals surface area contributed by atoms with Crippen molar-refractivity contribution in [1.29, 1.82) is 0 Å². The molecule has 0 aliphatic rings. The van der Waals surface area contributed by atoms with Gasteiger partial charge >= 0.3 is 0 Å². The maximum absolute atomic E-state index is 5.74. The van der Waals surface area contributed by atoms with Gasteiger partial charge in [0.25, 0.3) is 0 Å². The van der Waals surface area contributed by atoms with Gasteiger partial charge in [0.2, 0.25) is 0 Å². The third-order valence-electron chi connectivity index (χ3n) is 1.52. The summed E-state index contributed by atoms with van der Waals surface area (Å²) < 4.78 is 0. The highest BCUT2D eigenvalue weighted by Gasteiger charge is 2.01. The van der Waals surface area contributed by atoms with Gasteiger partial charge in [0, 0.05) is 6.20 Å². The second-order valence-electron chi connectivity index (χ2n) is 2.23. The maximum Gasteiger partial charge on any atom is 0.0639 e. The molecule has 12 heavy (non-hydrogen) atoms. The van der Waals surface area contributed by atoms with Crippen LogP contribution in [-0.2, 0) is 0 Å².